The first-order valence-corrected chi connectivity index (χ1v) is 7.13. The smallest absolute Gasteiger partial charge is 0.239 e. The molecule has 0 saturated carbocycles. The van der Waals surface area contributed by atoms with Crippen molar-refractivity contribution in [1.29, 1.82) is 0 Å². The Bertz CT molecular complexity index is 576. The van der Waals surface area contributed by atoms with Crippen LogP contribution in [0.25, 0.3) is 0 Å². The van der Waals surface area contributed by atoms with Gasteiger partial charge in [-0.2, -0.15) is 4.98 Å². The third-order valence-corrected chi connectivity index (χ3v) is 3.58. The first kappa shape index (κ1) is 14.2. The monoisotopic (exact) mass is 385 g/mol. The Hall–Kier alpha value is -1.18. The molecule has 100 valence electrons. The Morgan fingerprint density at radius 2 is 2.16 bits per heavy atom. The Balaban J connectivity index is 2.22. The van der Waals surface area contributed by atoms with Gasteiger partial charge in [-0.05, 0) is 33.6 Å². The molecule has 0 aliphatic carbocycles. The number of halogens is 2. The lowest BCUT2D eigenvalue weighted by atomic mass is 10.2. The minimum absolute atomic E-state index is 0.388. The van der Waals surface area contributed by atoms with E-state index >= 15 is 0 Å². The predicted octanol–water partition coefficient (Wildman–Crippen LogP) is 2.92. The quantitative estimate of drug-likeness (QED) is 0.624. The van der Waals surface area contributed by atoms with Crippen molar-refractivity contribution >= 4 is 43.6 Å². The Labute approximate surface area is 128 Å². The number of nitrogens with two attached hydrogens (primary N) is 1. The maximum atomic E-state index is 5.33. The molecule has 1 aromatic carbocycles. The summed E-state index contributed by atoms with van der Waals surface area (Å²) in [5, 5.41) is 0. The van der Waals surface area contributed by atoms with Crippen molar-refractivity contribution in [1.82, 2.24) is 9.97 Å². The van der Waals surface area contributed by atoms with Crippen LogP contribution >= 0.6 is 31.9 Å². The summed E-state index contributed by atoms with van der Waals surface area (Å²) < 4.78 is 1.88. The molecule has 5 nitrogen and oxygen atoms in total. The fourth-order valence-electron chi connectivity index (χ4n) is 1.68. The summed E-state index contributed by atoms with van der Waals surface area (Å²) in [5.74, 6) is 6.50. The number of nitrogen functional groups attached to an aromatic ring is 1. The largest absolute Gasteiger partial charge is 0.354 e. The number of aromatic nitrogens is 2. The van der Waals surface area contributed by atoms with Crippen LogP contribution in [0.15, 0.2) is 39.4 Å². The Morgan fingerprint density at radius 3 is 2.84 bits per heavy atom. The number of benzene rings is 1. The van der Waals surface area contributed by atoms with Crippen LogP contribution in [0.3, 0.4) is 0 Å². The maximum Gasteiger partial charge on any atom is 0.239 e. The molecule has 1 heterocycles. The van der Waals surface area contributed by atoms with E-state index in [0.29, 0.717) is 5.95 Å². The van der Waals surface area contributed by atoms with E-state index in [1.165, 1.54) is 5.56 Å². The van der Waals surface area contributed by atoms with Crippen LogP contribution in [0, 0.1) is 0 Å². The Morgan fingerprint density at radius 1 is 1.37 bits per heavy atom. The predicted molar refractivity (Wildman–Crippen MR) is 83.8 cm³/mol. The molecule has 0 unspecified atom stereocenters. The van der Waals surface area contributed by atoms with Crippen LogP contribution in [0.2, 0.25) is 0 Å². The average Bonchev–Trinajstić information content (AvgIpc) is 2.39. The van der Waals surface area contributed by atoms with E-state index in [-0.39, 0.29) is 0 Å². The van der Waals surface area contributed by atoms with Crippen LogP contribution in [0.5, 0.6) is 0 Å². The third kappa shape index (κ3) is 3.65. The van der Waals surface area contributed by atoms with Crippen LogP contribution in [0.4, 0.5) is 11.8 Å². The van der Waals surface area contributed by atoms with Gasteiger partial charge in [-0.25, -0.2) is 10.8 Å². The topological polar surface area (TPSA) is 67.1 Å². The standard InChI is InChI=1S/C12H13Br2N5/c1-19(7-8-3-2-4-9(13)5-8)11-10(14)6-16-12(17-11)18-15/h2-6H,7,15H2,1H3,(H,16,17,18). The fraction of sp³-hybridized carbons (Fsp3) is 0.167. The highest BCUT2D eigenvalue weighted by Gasteiger charge is 2.10. The molecule has 0 aliphatic rings. The van der Waals surface area contributed by atoms with E-state index in [1.807, 2.05) is 24.1 Å². The zero-order valence-corrected chi connectivity index (χ0v) is 13.4. The van der Waals surface area contributed by atoms with Crippen LogP contribution in [-0.2, 0) is 6.54 Å². The molecule has 0 radical (unpaired) electrons. The molecule has 0 fully saturated rings. The van der Waals surface area contributed by atoms with E-state index in [1.54, 1.807) is 6.20 Å². The lowest BCUT2D eigenvalue weighted by Gasteiger charge is -2.20. The summed E-state index contributed by atoms with van der Waals surface area (Å²) in [6.07, 6.45) is 1.68. The van der Waals surface area contributed by atoms with Gasteiger partial charge in [0.25, 0.3) is 0 Å². The minimum Gasteiger partial charge on any atom is -0.354 e. The van der Waals surface area contributed by atoms with Crippen molar-refractivity contribution in [2.45, 2.75) is 6.54 Å². The maximum absolute atomic E-state index is 5.33. The highest BCUT2D eigenvalue weighted by molar-refractivity contribution is 9.10. The molecule has 3 N–H and O–H groups in total. The summed E-state index contributed by atoms with van der Waals surface area (Å²) >= 11 is 6.91. The van der Waals surface area contributed by atoms with Gasteiger partial charge in [-0.1, -0.05) is 28.1 Å². The van der Waals surface area contributed by atoms with Crippen molar-refractivity contribution in [2.75, 3.05) is 17.4 Å². The molecule has 19 heavy (non-hydrogen) atoms. The lowest BCUT2D eigenvalue weighted by Crippen LogP contribution is -2.20. The van der Waals surface area contributed by atoms with Gasteiger partial charge in [-0.3, -0.25) is 5.43 Å². The molecule has 0 atom stereocenters. The van der Waals surface area contributed by atoms with E-state index in [2.05, 4.69) is 59.4 Å². The number of hydrogen-bond acceptors (Lipinski definition) is 5. The molecule has 0 spiro atoms. The van der Waals surface area contributed by atoms with Gasteiger partial charge in [0.15, 0.2) is 0 Å². The summed E-state index contributed by atoms with van der Waals surface area (Å²) in [6, 6.07) is 8.15. The molecular weight excluding hydrogens is 374 g/mol. The van der Waals surface area contributed by atoms with Gasteiger partial charge >= 0.3 is 0 Å². The molecule has 0 amide bonds. The fourth-order valence-corrected chi connectivity index (χ4v) is 2.62. The number of anilines is 2. The zero-order valence-electron chi connectivity index (χ0n) is 10.3. The van der Waals surface area contributed by atoms with Gasteiger partial charge in [0.2, 0.25) is 5.95 Å². The first-order valence-electron chi connectivity index (χ1n) is 5.55. The molecule has 2 rings (SSSR count). The normalized spacial score (nSPS) is 10.3. The molecule has 0 bridgehead atoms. The van der Waals surface area contributed by atoms with Gasteiger partial charge in [0, 0.05) is 24.3 Å². The van der Waals surface area contributed by atoms with Gasteiger partial charge in [0.1, 0.15) is 5.82 Å². The van der Waals surface area contributed by atoms with Gasteiger partial charge in [-0.15, -0.1) is 0 Å². The summed E-state index contributed by atoms with van der Waals surface area (Å²) in [4.78, 5) is 10.4. The van der Waals surface area contributed by atoms with Gasteiger partial charge in [0.05, 0.1) is 4.47 Å². The Kier molecular flexibility index (Phi) is 4.73. The van der Waals surface area contributed by atoms with Crippen molar-refractivity contribution < 1.29 is 0 Å². The molecule has 0 aliphatic heterocycles. The minimum atomic E-state index is 0.388. The third-order valence-electron chi connectivity index (χ3n) is 2.53. The SMILES string of the molecule is CN(Cc1cccc(Br)c1)c1nc(NN)ncc1Br. The number of rotatable bonds is 4. The van der Waals surface area contributed by atoms with E-state index < -0.39 is 0 Å². The van der Waals surface area contributed by atoms with E-state index in [9.17, 15) is 0 Å². The summed E-state index contributed by atoms with van der Waals surface area (Å²) in [6.45, 7) is 0.735. The van der Waals surface area contributed by atoms with Crippen molar-refractivity contribution in [3.63, 3.8) is 0 Å². The van der Waals surface area contributed by atoms with Crippen molar-refractivity contribution in [3.8, 4) is 0 Å². The second-order valence-corrected chi connectivity index (χ2v) is 5.77. The second kappa shape index (κ2) is 6.31. The number of nitrogens with zero attached hydrogens (tertiary/aromatic N) is 3. The number of hydrazine groups is 1. The van der Waals surface area contributed by atoms with Gasteiger partial charge < -0.3 is 4.90 Å². The first-order chi connectivity index (χ1) is 9.10. The van der Waals surface area contributed by atoms with Crippen LogP contribution < -0.4 is 16.2 Å². The zero-order chi connectivity index (χ0) is 13.8. The highest BCUT2D eigenvalue weighted by Crippen LogP contribution is 2.24. The van der Waals surface area contributed by atoms with Crippen LogP contribution in [-0.4, -0.2) is 17.0 Å². The highest BCUT2D eigenvalue weighted by atomic mass is 79.9. The van der Waals surface area contributed by atoms with Crippen molar-refractivity contribution in [2.24, 2.45) is 5.84 Å². The summed E-state index contributed by atoms with van der Waals surface area (Å²) in [7, 11) is 1.97. The molecule has 2 aromatic rings. The van der Waals surface area contributed by atoms with E-state index in [0.717, 1.165) is 21.3 Å². The molecule has 1 aromatic heterocycles. The molecule has 0 saturated heterocycles. The average molecular weight is 387 g/mol. The molecule has 7 heteroatoms. The summed E-state index contributed by atoms with van der Waals surface area (Å²) in [5.41, 5.74) is 3.63. The second-order valence-electron chi connectivity index (χ2n) is 4.00. The molecular formula is C12H13Br2N5. The number of hydrogen-bond donors (Lipinski definition) is 2. The van der Waals surface area contributed by atoms with Crippen LogP contribution in [0.1, 0.15) is 5.56 Å². The van der Waals surface area contributed by atoms with E-state index in [4.69, 9.17) is 5.84 Å². The lowest BCUT2D eigenvalue weighted by molar-refractivity contribution is 0.885. The number of nitrogens with one attached hydrogen (secondary N) is 1. The van der Waals surface area contributed by atoms with Crippen molar-refractivity contribution in [3.05, 3.63) is 45.0 Å².